The molecule has 0 spiro atoms. The Labute approximate surface area is 108 Å². The van der Waals surface area contributed by atoms with Crippen LogP contribution < -0.4 is 11.1 Å². The molecule has 1 aliphatic rings. The first-order valence-corrected chi connectivity index (χ1v) is 6.72. The molecule has 4 heteroatoms. The molecule has 94 valence electrons. The summed E-state index contributed by atoms with van der Waals surface area (Å²) in [5, 5.41) is 3.93. The zero-order chi connectivity index (χ0) is 12.3. The van der Waals surface area contributed by atoms with Gasteiger partial charge in [0.2, 0.25) is 0 Å². The van der Waals surface area contributed by atoms with E-state index in [1.54, 1.807) is 6.07 Å². The van der Waals surface area contributed by atoms with Gasteiger partial charge in [0.25, 0.3) is 0 Å². The number of nitrogens with one attached hydrogen (secondary N) is 1. The monoisotopic (exact) mass is 253 g/mol. The van der Waals surface area contributed by atoms with Crippen LogP contribution in [0, 0.1) is 5.92 Å². The molecule has 0 aliphatic heterocycles. The maximum absolute atomic E-state index is 5.91. The second-order valence-electron chi connectivity index (χ2n) is 4.97. The fourth-order valence-corrected chi connectivity index (χ4v) is 2.71. The summed E-state index contributed by atoms with van der Waals surface area (Å²) in [5.74, 6) is 1.48. The predicted octanol–water partition coefficient (Wildman–Crippen LogP) is 3.70. The highest BCUT2D eigenvalue weighted by Crippen LogP contribution is 2.26. The van der Waals surface area contributed by atoms with Crippen LogP contribution >= 0.6 is 11.6 Å². The topological polar surface area (TPSA) is 50.9 Å². The number of hydrogen-bond acceptors (Lipinski definition) is 3. The number of nitrogen functional groups attached to an aromatic ring is 1. The van der Waals surface area contributed by atoms with Gasteiger partial charge in [0.15, 0.2) is 0 Å². The highest BCUT2D eigenvalue weighted by molar-refractivity contribution is 6.29. The minimum absolute atomic E-state index is 0.453. The van der Waals surface area contributed by atoms with Crippen molar-refractivity contribution in [1.29, 1.82) is 0 Å². The van der Waals surface area contributed by atoms with Crippen LogP contribution in [0.5, 0.6) is 0 Å². The third kappa shape index (κ3) is 3.50. The first-order chi connectivity index (χ1) is 8.15. The second-order valence-corrected chi connectivity index (χ2v) is 5.36. The second kappa shape index (κ2) is 5.58. The molecule has 2 unspecified atom stereocenters. The molecule has 2 rings (SSSR count). The van der Waals surface area contributed by atoms with Gasteiger partial charge in [-0.3, -0.25) is 0 Å². The Hall–Kier alpha value is -0.960. The minimum Gasteiger partial charge on any atom is -0.399 e. The van der Waals surface area contributed by atoms with Gasteiger partial charge in [-0.1, -0.05) is 37.8 Å². The van der Waals surface area contributed by atoms with Crippen molar-refractivity contribution in [3.63, 3.8) is 0 Å². The molecule has 3 N–H and O–H groups in total. The number of hydrogen-bond donors (Lipinski definition) is 2. The van der Waals surface area contributed by atoms with Crippen molar-refractivity contribution < 1.29 is 0 Å². The van der Waals surface area contributed by atoms with Crippen molar-refractivity contribution in [3.8, 4) is 0 Å². The SMILES string of the molecule is CC1CCCCCC1Nc1cc(N)cc(Cl)n1. The van der Waals surface area contributed by atoms with E-state index in [-0.39, 0.29) is 0 Å². The third-order valence-electron chi connectivity index (χ3n) is 3.51. The Kier molecular flexibility index (Phi) is 4.11. The molecule has 0 radical (unpaired) electrons. The summed E-state index contributed by atoms with van der Waals surface area (Å²) in [6, 6.07) is 4.01. The summed E-state index contributed by atoms with van der Waals surface area (Å²) in [6.45, 7) is 2.30. The van der Waals surface area contributed by atoms with Gasteiger partial charge in [-0.05, 0) is 24.8 Å². The van der Waals surface area contributed by atoms with Crippen LogP contribution in [0.15, 0.2) is 12.1 Å². The van der Waals surface area contributed by atoms with Crippen molar-refractivity contribution in [1.82, 2.24) is 4.98 Å². The van der Waals surface area contributed by atoms with E-state index in [0.29, 0.717) is 22.8 Å². The number of rotatable bonds is 2. The van der Waals surface area contributed by atoms with Gasteiger partial charge in [0.1, 0.15) is 11.0 Å². The Morgan fingerprint density at radius 3 is 2.82 bits per heavy atom. The van der Waals surface area contributed by atoms with Gasteiger partial charge >= 0.3 is 0 Å². The molecule has 0 aromatic carbocycles. The Bertz CT molecular complexity index is 361. The molecule has 1 aliphatic carbocycles. The number of nitrogens with zero attached hydrogens (tertiary/aromatic N) is 1. The molecule has 3 nitrogen and oxygen atoms in total. The molecule has 0 bridgehead atoms. The average Bonchev–Trinajstić information content (AvgIpc) is 2.43. The van der Waals surface area contributed by atoms with Gasteiger partial charge in [-0.15, -0.1) is 0 Å². The summed E-state index contributed by atoms with van der Waals surface area (Å²) in [6.07, 6.45) is 6.46. The Morgan fingerprint density at radius 2 is 2.06 bits per heavy atom. The van der Waals surface area contributed by atoms with Gasteiger partial charge in [-0.2, -0.15) is 0 Å². The van der Waals surface area contributed by atoms with E-state index >= 15 is 0 Å². The lowest BCUT2D eigenvalue weighted by Crippen LogP contribution is -2.26. The van der Waals surface area contributed by atoms with Crippen LogP contribution in [-0.4, -0.2) is 11.0 Å². The van der Waals surface area contributed by atoms with Crippen LogP contribution in [0.3, 0.4) is 0 Å². The van der Waals surface area contributed by atoms with Crippen molar-refractivity contribution in [3.05, 3.63) is 17.3 Å². The third-order valence-corrected chi connectivity index (χ3v) is 3.70. The first kappa shape index (κ1) is 12.5. The summed E-state index contributed by atoms with van der Waals surface area (Å²) < 4.78 is 0. The van der Waals surface area contributed by atoms with Gasteiger partial charge in [-0.25, -0.2) is 4.98 Å². The lowest BCUT2D eigenvalue weighted by molar-refractivity contribution is 0.456. The summed E-state index contributed by atoms with van der Waals surface area (Å²) in [5.41, 5.74) is 6.43. The van der Waals surface area contributed by atoms with E-state index in [1.165, 1.54) is 32.1 Å². The van der Waals surface area contributed by atoms with E-state index in [9.17, 15) is 0 Å². The maximum atomic E-state index is 5.91. The Balaban J connectivity index is 2.07. The average molecular weight is 254 g/mol. The minimum atomic E-state index is 0.453. The smallest absolute Gasteiger partial charge is 0.133 e. The van der Waals surface area contributed by atoms with Crippen LogP contribution in [0.1, 0.15) is 39.0 Å². The highest BCUT2D eigenvalue weighted by Gasteiger charge is 2.20. The van der Waals surface area contributed by atoms with Crippen LogP contribution in [-0.2, 0) is 0 Å². The Morgan fingerprint density at radius 1 is 1.29 bits per heavy atom. The lowest BCUT2D eigenvalue weighted by atomic mass is 9.97. The fraction of sp³-hybridized carbons (Fsp3) is 0.615. The largest absolute Gasteiger partial charge is 0.399 e. The molecule has 1 aromatic rings. The summed E-state index contributed by atoms with van der Waals surface area (Å²) in [7, 11) is 0. The van der Waals surface area contributed by atoms with E-state index in [0.717, 1.165) is 5.82 Å². The summed E-state index contributed by atoms with van der Waals surface area (Å²) >= 11 is 5.91. The van der Waals surface area contributed by atoms with Crippen LogP contribution in [0.4, 0.5) is 11.5 Å². The number of anilines is 2. The van der Waals surface area contributed by atoms with E-state index in [2.05, 4.69) is 17.2 Å². The molecule has 17 heavy (non-hydrogen) atoms. The lowest BCUT2D eigenvalue weighted by Gasteiger charge is -2.23. The molecule has 1 fully saturated rings. The van der Waals surface area contributed by atoms with Crippen molar-refractivity contribution >= 4 is 23.1 Å². The molecule has 1 aromatic heterocycles. The number of halogens is 1. The molecule has 1 saturated carbocycles. The molecule has 1 heterocycles. The molecule has 0 amide bonds. The van der Waals surface area contributed by atoms with E-state index in [4.69, 9.17) is 17.3 Å². The molecular weight excluding hydrogens is 234 g/mol. The summed E-state index contributed by atoms with van der Waals surface area (Å²) in [4.78, 5) is 4.27. The zero-order valence-corrected chi connectivity index (χ0v) is 11.0. The normalized spacial score (nSPS) is 25.3. The van der Waals surface area contributed by atoms with Gasteiger partial charge < -0.3 is 11.1 Å². The van der Waals surface area contributed by atoms with Crippen LogP contribution in [0.2, 0.25) is 5.15 Å². The van der Waals surface area contributed by atoms with E-state index < -0.39 is 0 Å². The highest BCUT2D eigenvalue weighted by atomic mass is 35.5. The number of nitrogens with two attached hydrogens (primary N) is 1. The first-order valence-electron chi connectivity index (χ1n) is 6.35. The van der Waals surface area contributed by atoms with Crippen molar-refractivity contribution in [2.75, 3.05) is 11.1 Å². The van der Waals surface area contributed by atoms with Crippen molar-refractivity contribution in [2.45, 2.75) is 45.1 Å². The zero-order valence-electron chi connectivity index (χ0n) is 10.2. The quantitative estimate of drug-likeness (QED) is 0.624. The van der Waals surface area contributed by atoms with Crippen LogP contribution in [0.25, 0.3) is 0 Å². The maximum Gasteiger partial charge on any atom is 0.133 e. The standard InChI is InChI=1S/C13H20ClN3/c1-9-5-3-2-4-6-11(9)16-13-8-10(15)7-12(14)17-13/h7-9,11H,2-6H2,1H3,(H3,15,16,17). The molecular formula is C13H20ClN3. The number of aromatic nitrogens is 1. The van der Waals surface area contributed by atoms with Gasteiger partial charge in [0.05, 0.1) is 0 Å². The molecule has 2 atom stereocenters. The predicted molar refractivity (Wildman–Crippen MR) is 73.3 cm³/mol. The molecule has 0 saturated heterocycles. The van der Waals surface area contributed by atoms with Gasteiger partial charge in [0, 0.05) is 17.8 Å². The number of pyridine rings is 1. The van der Waals surface area contributed by atoms with E-state index in [1.807, 2.05) is 6.07 Å². The fourth-order valence-electron chi connectivity index (χ4n) is 2.49. The van der Waals surface area contributed by atoms with Crippen molar-refractivity contribution in [2.24, 2.45) is 5.92 Å².